The molecule has 5 heteroatoms. The van der Waals surface area contributed by atoms with Crippen molar-refractivity contribution in [3.05, 3.63) is 66.2 Å². The number of rotatable bonds is 6. The molecule has 0 radical (unpaired) electrons. The van der Waals surface area contributed by atoms with Crippen LogP contribution in [0.2, 0.25) is 0 Å². The van der Waals surface area contributed by atoms with Gasteiger partial charge in [0.2, 0.25) is 5.91 Å². The molecular formula is C20H22N2O3. The van der Waals surface area contributed by atoms with Crippen LogP contribution in [-0.4, -0.2) is 48.9 Å². The lowest BCUT2D eigenvalue weighted by Crippen LogP contribution is -2.50. The first-order valence-electron chi connectivity index (χ1n) is 8.50. The largest absolute Gasteiger partial charge is 0.379 e. The Kier molecular flexibility index (Phi) is 5.93. The van der Waals surface area contributed by atoms with Crippen LogP contribution in [0.3, 0.4) is 0 Å². The quantitative estimate of drug-likeness (QED) is 0.823. The summed E-state index contributed by atoms with van der Waals surface area (Å²) in [5, 5.41) is 2.92. The average molecular weight is 338 g/mol. The maximum Gasteiger partial charge on any atom is 0.242 e. The monoisotopic (exact) mass is 338 g/mol. The van der Waals surface area contributed by atoms with E-state index < -0.39 is 6.04 Å². The number of carbonyl (C=O) groups excluding carboxylic acids is 2. The molecule has 1 fully saturated rings. The smallest absolute Gasteiger partial charge is 0.242 e. The van der Waals surface area contributed by atoms with Crippen molar-refractivity contribution in [2.24, 2.45) is 0 Å². The van der Waals surface area contributed by atoms with Gasteiger partial charge in [-0.1, -0.05) is 48.5 Å². The highest BCUT2D eigenvalue weighted by Crippen LogP contribution is 2.15. The maximum absolute atomic E-state index is 12.8. The molecule has 1 amide bonds. The van der Waals surface area contributed by atoms with Crippen molar-refractivity contribution < 1.29 is 14.3 Å². The first-order chi connectivity index (χ1) is 12.2. The minimum Gasteiger partial charge on any atom is -0.379 e. The van der Waals surface area contributed by atoms with E-state index in [4.69, 9.17) is 4.74 Å². The van der Waals surface area contributed by atoms with Crippen molar-refractivity contribution in [2.75, 3.05) is 31.6 Å². The highest BCUT2D eigenvalue weighted by molar-refractivity contribution is 6.02. The van der Waals surface area contributed by atoms with Gasteiger partial charge in [0.25, 0.3) is 0 Å². The van der Waals surface area contributed by atoms with Crippen molar-refractivity contribution in [3.8, 4) is 0 Å². The maximum atomic E-state index is 12.8. The van der Waals surface area contributed by atoms with Gasteiger partial charge in [-0.25, -0.2) is 0 Å². The summed E-state index contributed by atoms with van der Waals surface area (Å²) < 4.78 is 5.38. The molecule has 1 heterocycles. The molecule has 3 rings (SSSR count). The Balaban J connectivity index is 1.74. The van der Waals surface area contributed by atoms with E-state index in [1.54, 1.807) is 12.1 Å². The van der Waals surface area contributed by atoms with Crippen LogP contribution in [0.1, 0.15) is 16.8 Å². The second-order valence-corrected chi connectivity index (χ2v) is 6.01. The zero-order valence-corrected chi connectivity index (χ0v) is 14.1. The highest BCUT2D eigenvalue weighted by atomic mass is 16.5. The van der Waals surface area contributed by atoms with E-state index in [1.807, 2.05) is 53.4 Å². The number of ketones is 1. The fourth-order valence-electron chi connectivity index (χ4n) is 2.94. The second-order valence-electron chi connectivity index (χ2n) is 6.01. The Morgan fingerprint density at radius 3 is 2.20 bits per heavy atom. The predicted octanol–water partition coefficient (Wildman–Crippen LogP) is 2.60. The third-order valence-corrected chi connectivity index (χ3v) is 4.30. The van der Waals surface area contributed by atoms with E-state index in [9.17, 15) is 9.59 Å². The topological polar surface area (TPSA) is 58.6 Å². The van der Waals surface area contributed by atoms with Crippen LogP contribution in [0, 0.1) is 0 Å². The Hall–Kier alpha value is -2.50. The summed E-state index contributed by atoms with van der Waals surface area (Å²) >= 11 is 0. The number of carbonyl (C=O) groups is 2. The standard InChI is InChI=1S/C20H22N2O3/c23-19(16-7-3-1-4-8-16)15-18(22-11-13-25-14-12-22)20(24)21-17-9-5-2-6-10-17/h1-10,18H,11-15H2,(H,21,24). The number of morpholine rings is 1. The van der Waals surface area contributed by atoms with Crippen molar-refractivity contribution >= 4 is 17.4 Å². The van der Waals surface area contributed by atoms with Crippen LogP contribution < -0.4 is 5.32 Å². The molecule has 0 aliphatic carbocycles. The zero-order valence-electron chi connectivity index (χ0n) is 14.1. The van der Waals surface area contributed by atoms with Crippen molar-refractivity contribution in [1.82, 2.24) is 4.90 Å². The highest BCUT2D eigenvalue weighted by Gasteiger charge is 2.30. The summed E-state index contributed by atoms with van der Waals surface area (Å²) in [7, 11) is 0. The summed E-state index contributed by atoms with van der Waals surface area (Å²) in [6.07, 6.45) is 0.155. The lowest BCUT2D eigenvalue weighted by atomic mass is 10.0. The van der Waals surface area contributed by atoms with E-state index in [0.29, 0.717) is 31.9 Å². The van der Waals surface area contributed by atoms with Gasteiger partial charge in [0.05, 0.1) is 19.3 Å². The third kappa shape index (κ3) is 4.75. The van der Waals surface area contributed by atoms with E-state index in [1.165, 1.54) is 0 Å². The van der Waals surface area contributed by atoms with Crippen molar-refractivity contribution in [3.63, 3.8) is 0 Å². The Morgan fingerprint density at radius 2 is 1.56 bits per heavy atom. The molecule has 0 saturated carbocycles. The lowest BCUT2D eigenvalue weighted by Gasteiger charge is -2.33. The van der Waals surface area contributed by atoms with E-state index in [-0.39, 0.29) is 18.1 Å². The molecule has 1 aliphatic heterocycles. The molecule has 0 aromatic heterocycles. The van der Waals surface area contributed by atoms with Gasteiger partial charge >= 0.3 is 0 Å². The summed E-state index contributed by atoms with van der Waals surface area (Å²) in [6.45, 7) is 2.45. The van der Waals surface area contributed by atoms with Gasteiger partial charge in [0.15, 0.2) is 5.78 Å². The summed E-state index contributed by atoms with van der Waals surface area (Å²) in [5.74, 6) is -0.183. The third-order valence-electron chi connectivity index (χ3n) is 4.30. The normalized spacial score (nSPS) is 16.2. The van der Waals surface area contributed by atoms with Crippen LogP contribution in [0.5, 0.6) is 0 Å². The van der Waals surface area contributed by atoms with Crippen LogP contribution >= 0.6 is 0 Å². The van der Waals surface area contributed by atoms with Crippen molar-refractivity contribution in [2.45, 2.75) is 12.5 Å². The Bertz CT molecular complexity index is 697. The predicted molar refractivity (Wildman–Crippen MR) is 96.6 cm³/mol. The minimum atomic E-state index is -0.503. The van der Waals surface area contributed by atoms with E-state index >= 15 is 0 Å². The SMILES string of the molecule is O=C(CC(C(=O)Nc1ccccc1)N1CCOCC1)c1ccccc1. The van der Waals surface area contributed by atoms with Gasteiger partial charge in [-0.2, -0.15) is 0 Å². The van der Waals surface area contributed by atoms with Crippen LogP contribution in [0.15, 0.2) is 60.7 Å². The number of hydrogen-bond donors (Lipinski definition) is 1. The molecule has 1 N–H and O–H groups in total. The van der Waals surface area contributed by atoms with Crippen molar-refractivity contribution in [1.29, 1.82) is 0 Å². The Labute approximate surface area is 147 Å². The van der Waals surface area contributed by atoms with Gasteiger partial charge in [-0.15, -0.1) is 0 Å². The number of nitrogens with zero attached hydrogens (tertiary/aromatic N) is 1. The second kappa shape index (κ2) is 8.55. The number of ether oxygens (including phenoxy) is 1. The van der Waals surface area contributed by atoms with E-state index in [2.05, 4.69) is 5.32 Å². The number of para-hydroxylation sites is 1. The molecule has 2 aromatic rings. The number of amides is 1. The fraction of sp³-hybridized carbons (Fsp3) is 0.300. The summed E-state index contributed by atoms with van der Waals surface area (Å²) in [4.78, 5) is 27.5. The molecule has 2 aromatic carbocycles. The summed E-state index contributed by atoms with van der Waals surface area (Å²) in [6, 6.07) is 17.9. The van der Waals surface area contributed by atoms with Crippen LogP contribution in [0.4, 0.5) is 5.69 Å². The first-order valence-corrected chi connectivity index (χ1v) is 8.50. The number of benzene rings is 2. The fourth-order valence-corrected chi connectivity index (χ4v) is 2.94. The molecule has 1 atom stereocenters. The molecule has 1 aliphatic rings. The molecule has 5 nitrogen and oxygen atoms in total. The number of anilines is 1. The first kappa shape index (κ1) is 17.3. The molecule has 1 saturated heterocycles. The average Bonchev–Trinajstić information content (AvgIpc) is 2.68. The molecule has 25 heavy (non-hydrogen) atoms. The van der Waals surface area contributed by atoms with Crippen LogP contribution in [-0.2, 0) is 9.53 Å². The minimum absolute atomic E-state index is 0.0275. The molecule has 130 valence electrons. The van der Waals surface area contributed by atoms with Gasteiger partial charge in [0.1, 0.15) is 0 Å². The summed E-state index contributed by atoms with van der Waals surface area (Å²) in [5.41, 5.74) is 1.37. The molecular weight excluding hydrogens is 316 g/mol. The molecule has 1 unspecified atom stereocenters. The molecule has 0 bridgehead atoms. The lowest BCUT2D eigenvalue weighted by molar-refractivity contribution is -0.123. The van der Waals surface area contributed by atoms with Crippen LogP contribution in [0.25, 0.3) is 0 Å². The number of nitrogens with one attached hydrogen (secondary N) is 1. The number of hydrogen-bond acceptors (Lipinski definition) is 4. The van der Waals surface area contributed by atoms with Gasteiger partial charge in [-0.05, 0) is 12.1 Å². The molecule has 0 spiro atoms. The number of Topliss-reactive ketones (excluding diaryl/α,β-unsaturated/α-hetero) is 1. The Morgan fingerprint density at radius 1 is 0.960 bits per heavy atom. The van der Waals surface area contributed by atoms with Gasteiger partial charge in [0, 0.05) is 30.8 Å². The van der Waals surface area contributed by atoms with Gasteiger partial charge < -0.3 is 10.1 Å². The zero-order chi connectivity index (χ0) is 17.5. The van der Waals surface area contributed by atoms with Gasteiger partial charge in [-0.3, -0.25) is 14.5 Å². The van der Waals surface area contributed by atoms with E-state index in [0.717, 1.165) is 5.69 Å².